The second-order valence-corrected chi connectivity index (χ2v) is 10.7. The molecule has 1 heterocycles. The van der Waals surface area contributed by atoms with Crippen molar-refractivity contribution in [3.8, 4) is 0 Å². The monoisotopic (exact) mass is 519 g/mol. The number of carbonyl (C=O) groups excluding carboxylic acids is 2. The number of hydrogen-bond acceptors (Lipinski definition) is 6. The van der Waals surface area contributed by atoms with Crippen molar-refractivity contribution < 1.29 is 27.9 Å². The number of rotatable bonds is 6. The van der Waals surface area contributed by atoms with Crippen LogP contribution in [0.5, 0.6) is 0 Å². The highest BCUT2D eigenvalue weighted by atomic mass is 32.2. The molecule has 0 amide bonds. The summed E-state index contributed by atoms with van der Waals surface area (Å²) in [4.78, 5) is 26.5. The SMILES string of the molecule is CCOC(=O)/C1=C(c2ccccc2)/C(=C(\O)c2ccn(S(=O)(=O)c3ccc(C)cc3)c2)C(=O)CCCC1. The summed E-state index contributed by atoms with van der Waals surface area (Å²) in [5.41, 5.74) is 2.28. The number of aliphatic hydroxyl groups is 1. The first-order valence-electron chi connectivity index (χ1n) is 12.2. The van der Waals surface area contributed by atoms with E-state index in [1.807, 2.05) is 13.0 Å². The second-order valence-electron chi connectivity index (χ2n) is 8.84. The Morgan fingerprint density at radius 3 is 2.35 bits per heavy atom. The Bertz CT molecular complexity index is 1480. The average Bonchev–Trinajstić information content (AvgIpc) is 3.38. The molecule has 3 aromatic rings. The maximum absolute atomic E-state index is 13.4. The normalized spacial score (nSPS) is 18.2. The predicted octanol–water partition coefficient (Wildman–Crippen LogP) is 5.46. The summed E-state index contributed by atoms with van der Waals surface area (Å²) in [6.07, 6.45) is 4.34. The Kier molecular flexibility index (Phi) is 7.78. The highest BCUT2D eigenvalue weighted by Gasteiger charge is 2.30. The molecule has 1 aromatic heterocycles. The number of esters is 1. The summed E-state index contributed by atoms with van der Waals surface area (Å²) in [7, 11) is -3.91. The van der Waals surface area contributed by atoms with E-state index in [0.717, 1.165) is 9.54 Å². The average molecular weight is 520 g/mol. The number of ether oxygens (including phenoxy) is 1. The number of aliphatic hydroxyl groups excluding tert-OH is 1. The van der Waals surface area contributed by atoms with Gasteiger partial charge in [0.25, 0.3) is 10.0 Å². The molecule has 37 heavy (non-hydrogen) atoms. The number of aromatic nitrogens is 1. The van der Waals surface area contributed by atoms with Gasteiger partial charge in [-0.2, -0.15) is 0 Å². The summed E-state index contributed by atoms with van der Waals surface area (Å²) in [5, 5.41) is 11.4. The first-order chi connectivity index (χ1) is 17.7. The van der Waals surface area contributed by atoms with Crippen LogP contribution in [0.3, 0.4) is 0 Å². The largest absolute Gasteiger partial charge is 0.506 e. The van der Waals surface area contributed by atoms with Gasteiger partial charge in [0, 0.05) is 35.5 Å². The number of carbonyl (C=O) groups is 2. The molecule has 1 N–H and O–H groups in total. The minimum absolute atomic E-state index is 0.0144. The molecule has 0 fully saturated rings. The van der Waals surface area contributed by atoms with Crippen molar-refractivity contribution in [1.29, 1.82) is 0 Å². The molecule has 7 nitrogen and oxygen atoms in total. The molecule has 0 saturated heterocycles. The fourth-order valence-electron chi connectivity index (χ4n) is 4.37. The molecule has 1 aliphatic carbocycles. The van der Waals surface area contributed by atoms with Gasteiger partial charge in [-0.1, -0.05) is 48.0 Å². The molecule has 0 spiro atoms. The topological polar surface area (TPSA) is 103 Å². The standard InChI is InChI=1S/C29H29NO6S/c1-3-36-29(33)24-11-7-8-12-25(31)27(26(24)21-9-5-4-6-10-21)28(32)22-17-18-30(19-22)37(34,35)23-15-13-20(2)14-16-23/h4-6,9-10,13-19,32H,3,7-8,11-12H2,1-2H3/b26-24+,28-27-. The Balaban J connectivity index is 1.91. The number of hydrogen-bond donors (Lipinski definition) is 1. The summed E-state index contributed by atoms with van der Waals surface area (Å²) >= 11 is 0. The summed E-state index contributed by atoms with van der Waals surface area (Å²) in [6.45, 7) is 3.74. The van der Waals surface area contributed by atoms with Crippen molar-refractivity contribution in [2.45, 2.75) is 44.4 Å². The molecule has 0 aliphatic heterocycles. The van der Waals surface area contributed by atoms with Gasteiger partial charge in [0.2, 0.25) is 0 Å². The predicted molar refractivity (Wildman–Crippen MR) is 141 cm³/mol. The van der Waals surface area contributed by atoms with Crippen LogP contribution in [0.25, 0.3) is 11.3 Å². The van der Waals surface area contributed by atoms with Crippen LogP contribution in [0.1, 0.15) is 49.3 Å². The van der Waals surface area contributed by atoms with E-state index in [0.29, 0.717) is 36.0 Å². The molecular formula is C29H29NO6S. The molecule has 0 radical (unpaired) electrons. The van der Waals surface area contributed by atoms with E-state index in [9.17, 15) is 23.1 Å². The van der Waals surface area contributed by atoms with E-state index in [2.05, 4.69) is 0 Å². The van der Waals surface area contributed by atoms with E-state index in [-0.39, 0.29) is 40.6 Å². The third-order valence-corrected chi connectivity index (χ3v) is 7.92. The van der Waals surface area contributed by atoms with Gasteiger partial charge in [0.15, 0.2) is 5.78 Å². The zero-order chi connectivity index (χ0) is 26.6. The summed E-state index contributed by atoms with van der Waals surface area (Å²) in [5.74, 6) is -1.25. The molecule has 0 unspecified atom stereocenters. The van der Waals surface area contributed by atoms with Gasteiger partial charge >= 0.3 is 5.97 Å². The lowest BCUT2D eigenvalue weighted by molar-refractivity contribution is -0.138. The molecule has 0 atom stereocenters. The van der Waals surface area contributed by atoms with Crippen LogP contribution < -0.4 is 0 Å². The van der Waals surface area contributed by atoms with Gasteiger partial charge in [-0.15, -0.1) is 0 Å². The van der Waals surface area contributed by atoms with Gasteiger partial charge in [-0.3, -0.25) is 4.79 Å². The maximum atomic E-state index is 13.4. The van der Waals surface area contributed by atoms with E-state index >= 15 is 0 Å². The van der Waals surface area contributed by atoms with Crippen LogP contribution >= 0.6 is 0 Å². The number of aryl methyl sites for hydroxylation is 1. The Labute approximate surface area is 216 Å². The quantitative estimate of drug-likeness (QED) is 0.263. The van der Waals surface area contributed by atoms with Crippen molar-refractivity contribution in [1.82, 2.24) is 3.97 Å². The van der Waals surface area contributed by atoms with Crippen molar-refractivity contribution in [2.24, 2.45) is 0 Å². The summed E-state index contributed by atoms with van der Waals surface area (Å²) < 4.78 is 32.6. The van der Waals surface area contributed by atoms with Crippen molar-refractivity contribution >= 4 is 33.1 Å². The van der Waals surface area contributed by atoms with E-state index < -0.39 is 16.0 Å². The Hall–Kier alpha value is -3.91. The van der Waals surface area contributed by atoms with Gasteiger partial charge < -0.3 is 9.84 Å². The van der Waals surface area contributed by atoms with Gasteiger partial charge in [-0.25, -0.2) is 17.2 Å². The van der Waals surface area contributed by atoms with E-state index in [1.165, 1.54) is 30.6 Å². The first kappa shape index (κ1) is 26.2. The molecule has 192 valence electrons. The molecule has 8 heteroatoms. The minimum Gasteiger partial charge on any atom is -0.506 e. The highest BCUT2D eigenvalue weighted by Crippen LogP contribution is 2.37. The maximum Gasteiger partial charge on any atom is 0.334 e. The Morgan fingerprint density at radius 2 is 1.68 bits per heavy atom. The fourth-order valence-corrected chi connectivity index (χ4v) is 5.56. The van der Waals surface area contributed by atoms with Gasteiger partial charge in [-0.05, 0) is 56.9 Å². The zero-order valence-corrected chi connectivity index (χ0v) is 21.6. The van der Waals surface area contributed by atoms with Crippen molar-refractivity contribution in [2.75, 3.05) is 6.61 Å². The van der Waals surface area contributed by atoms with Crippen LogP contribution in [0.4, 0.5) is 0 Å². The lowest BCUT2D eigenvalue weighted by Gasteiger charge is -2.21. The molecule has 4 rings (SSSR count). The first-order valence-corrected chi connectivity index (χ1v) is 13.6. The third-order valence-electron chi connectivity index (χ3n) is 6.27. The van der Waals surface area contributed by atoms with Crippen LogP contribution in [-0.4, -0.2) is 35.9 Å². The zero-order valence-electron chi connectivity index (χ0n) is 20.8. The molecule has 0 bridgehead atoms. The minimum atomic E-state index is -3.91. The summed E-state index contributed by atoms with van der Waals surface area (Å²) in [6, 6.07) is 16.8. The van der Waals surface area contributed by atoms with Gasteiger partial charge in [0.05, 0.1) is 17.1 Å². The van der Waals surface area contributed by atoms with Crippen LogP contribution in [-0.2, 0) is 24.3 Å². The number of Topliss-reactive ketones (excluding diaryl/α,β-unsaturated/α-hetero) is 1. The number of allylic oxidation sites excluding steroid dienone is 2. The van der Waals surface area contributed by atoms with E-state index in [4.69, 9.17) is 4.74 Å². The number of nitrogens with zero attached hydrogens (tertiary/aromatic N) is 1. The highest BCUT2D eigenvalue weighted by molar-refractivity contribution is 7.90. The lowest BCUT2D eigenvalue weighted by Crippen LogP contribution is -2.17. The number of ketones is 1. The second kappa shape index (κ2) is 11.0. The van der Waals surface area contributed by atoms with E-state index in [1.54, 1.807) is 43.3 Å². The number of benzene rings is 2. The van der Waals surface area contributed by atoms with Crippen molar-refractivity contribution in [3.63, 3.8) is 0 Å². The fraction of sp³-hybridized carbons (Fsp3) is 0.241. The van der Waals surface area contributed by atoms with Crippen LogP contribution in [0.2, 0.25) is 0 Å². The molecular weight excluding hydrogens is 490 g/mol. The molecule has 1 aliphatic rings. The molecule has 0 saturated carbocycles. The third kappa shape index (κ3) is 5.44. The Morgan fingerprint density at radius 1 is 1.00 bits per heavy atom. The van der Waals surface area contributed by atoms with Gasteiger partial charge in [0.1, 0.15) is 5.76 Å². The molecule has 2 aromatic carbocycles. The lowest BCUT2D eigenvalue weighted by atomic mass is 9.83. The smallest absolute Gasteiger partial charge is 0.334 e. The van der Waals surface area contributed by atoms with Crippen LogP contribution in [0.15, 0.2) is 89.1 Å². The van der Waals surface area contributed by atoms with Crippen molar-refractivity contribution in [3.05, 3.63) is 101 Å². The van der Waals surface area contributed by atoms with Crippen LogP contribution in [0, 0.1) is 6.92 Å².